The van der Waals surface area contributed by atoms with Crippen LogP contribution in [0.1, 0.15) is 20.3 Å². The average molecular weight is 188 g/mol. The topological polar surface area (TPSA) is 0 Å². The minimum absolute atomic E-state index is 1.16. The van der Waals surface area contributed by atoms with Crippen molar-refractivity contribution in [2.24, 2.45) is 0 Å². The summed E-state index contributed by atoms with van der Waals surface area (Å²) in [7, 11) is 9.25. The first-order valence-electron chi connectivity index (χ1n) is 5.47. The lowest BCUT2D eigenvalue weighted by molar-refractivity contribution is -0.907. The molecule has 0 aliphatic heterocycles. The summed E-state index contributed by atoms with van der Waals surface area (Å²) in [5.41, 5.74) is 0. The smallest absolute Gasteiger partial charge is 0.0836 e. The summed E-state index contributed by atoms with van der Waals surface area (Å²) >= 11 is 0. The normalized spacial score (nSPS) is 13.4. The second-order valence-electron chi connectivity index (χ2n) is 5.30. The van der Waals surface area contributed by atoms with E-state index in [0.717, 1.165) is 8.97 Å². The summed E-state index contributed by atoms with van der Waals surface area (Å²) in [5.74, 6) is 0. The van der Waals surface area contributed by atoms with E-state index in [-0.39, 0.29) is 0 Å². The van der Waals surface area contributed by atoms with Crippen LogP contribution in [-0.2, 0) is 0 Å². The molecule has 0 saturated heterocycles. The maximum absolute atomic E-state index is 2.31. The standard InChI is InChI=1S/C11H28N2/c1-7-12(3,4)10-9-11-13(5,6)8-2/h7-11H2,1-6H3/q+2. The van der Waals surface area contributed by atoms with Crippen LogP contribution in [0.4, 0.5) is 0 Å². The molecule has 0 spiro atoms. The Morgan fingerprint density at radius 2 is 1.00 bits per heavy atom. The summed E-state index contributed by atoms with van der Waals surface area (Å²) in [4.78, 5) is 0. The predicted molar refractivity (Wildman–Crippen MR) is 59.6 cm³/mol. The van der Waals surface area contributed by atoms with Gasteiger partial charge in [-0.05, 0) is 13.8 Å². The number of nitrogens with zero attached hydrogens (tertiary/aromatic N) is 2. The average Bonchev–Trinajstić information content (AvgIpc) is 2.04. The summed E-state index contributed by atoms with van der Waals surface area (Å²) in [6.07, 6.45) is 1.34. The molecule has 2 heteroatoms. The van der Waals surface area contributed by atoms with Crippen molar-refractivity contribution < 1.29 is 8.97 Å². The Hall–Kier alpha value is -0.0800. The summed E-state index contributed by atoms with van der Waals surface area (Å²) in [6.45, 7) is 9.61. The summed E-state index contributed by atoms with van der Waals surface area (Å²) < 4.78 is 2.31. The fourth-order valence-corrected chi connectivity index (χ4v) is 1.24. The Balaban J connectivity index is 3.68. The highest BCUT2D eigenvalue weighted by Gasteiger charge is 2.16. The molecule has 0 N–H and O–H groups in total. The van der Waals surface area contributed by atoms with Gasteiger partial charge in [0.15, 0.2) is 0 Å². The van der Waals surface area contributed by atoms with Gasteiger partial charge < -0.3 is 8.97 Å². The van der Waals surface area contributed by atoms with Gasteiger partial charge in [-0.1, -0.05) is 0 Å². The van der Waals surface area contributed by atoms with Gasteiger partial charge in [-0.15, -0.1) is 0 Å². The van der Waals surface area contributed by atoms with E-state index < -0.39 is 0 Å². The molecule has 0 amide bonds. The van der Waals surface area contributed by atoms with Gasteiger partial charge >= 0.3 is 0 Å². The molecule has 0 heterocycles. The molecule has 0 aromatic heterocycles. The maximum Gasteiger partial charge on any atom is 0.0836 e. The third-order valence-corrected chi connectivity index (χ3v) is 3.24. The van der Waals surface area contributed by atoms with E-state index in [1.165, 1.54) is 32.6 Å². The van der Waals surface area contributed by atoms with Crippen molar-refractivity contribution >= 4 is 0 Å². The van der Waals surface area contributed by atoms with Gasteiger partial charge in [0, 0.05) is 6.42 Å². The van der Waals surface area contributed by atoms with E-state index in [0.29, 0.717) is 0 Å². The first-order chi connectivity index (χ1) is 5.83. The van der Waals surface area contributed by atoms with Crippen LogP contribution in [-0.4, -0.2) is 63.3 Å². The van der Waals surface area contributed by atoms with Gasteiger partial charge in [0.05, 0.1) is 54.4 Å². The van der Waals surface area contributed by atoms with Crippen LogP contribution in [0.25, 0.3) is 0 Å². The van der Waals surface area contributed by atoms with Crippen LogP contribution >= 0.6 is 0 Å². The maximum atomic E-state index is 2.31. The third-order valence-electron chi connectivity index (χ3n) is 3.24. The zero-order valence-corrected chi connectivity index (χ0v) is 10.4. The van der Waals surface area contributed by atoms with Crippen LogP contribution in [0.15, 0.2) is 0 Å². The fourth-order valence-electron chi connectivity index (χ4n) is 1.24. The van der Waals surface area contributed by atoms with Crippen molar-refractivity contribution in [2.75, 3.05) is 54.4 Å². The number of hydrogen-bond donors (Lipinski definition) is 0. The monoisotopic (exact) mass is 188 g/mol. The molecule has 0 fully saturated rings. The zero-order chi connectivity index (χ0) is 10.5. The van der Waals surface area contributed by atoms with E-state index in [1.54, 1.807) is 0 Å². The minimum atomic E-state index is 1.16. The molecule has 0 rings (SSSR count). The van der Waals surface area contributed by atoms with Crippen molar-refractivity contribution in [3.05, 3.63) is 0 Å². The van der Waals surface area contributed by atoms with E-state index in [4.69, 9.17) is 0 Å². The van der Waals surface area contributed by atoms with E-state index in [9.17, 15) is 0 Å². The van der Waals surface area contributed by atoms with Gasteiger partial charge in [-0.25, -0.2) is 0 Å². The van der Waals surface area contributed by atoms with Gasteiger partial charge in [-0.3, -0.25) is 0 Å². The predicted octanol–water partition coefficient (Wildman–Crippen LogP) is 1.57. The first kappa shape index (κ1) is 12.9. The lowest BCUT2D eigenvalue weighted by Gasteiger charge is -2.32. The lowest BCUT2D eigenvalue weighted by Crippen LogP contribution is -2.45. The minimum Gasteiger partial charge on any atom is -0.329 e. The molecule has 80 valence electrons. The number of rotatable bonds is 6. The van der Waals surface area contributed by atoms with Gasteiger partial charge in [-0.2, -0.15) is 0 Å². The number of hydrogen-bond acceptors (Lipinski definition) is 0. The number of quaternary nitrogens is 2. The summed E-state index contributed by atoms with van der Waals surface area (Å²) in [5, 5.41) is 0. The van der Waals surface area contributed by atoms with E-state index in [2.05, 4.69) is 42.0 Å². The van der Waals surface area contributed by atoms with Crippen molar-refractivity contribution in [1.29, 1.82) is 0 Å². The molecule has 0 atom stereocenters. The lowest BCUT2D eigenvalue weighted by atomic mass is 10.3. The van der Waals surface area contributed by atoms with Crippen molar-refractivity contribution in [1.82, 2.24) is 0 Å². The molecule has 0 bridgehead atoms. The Bertz CT molecular complexity index is 123. The van der Waals surface area contributed by atoms with E-state index >= 15 is 0 Å². The molecule has 13 heavy (non-hydrogen) atoms. The molecule has 0 aromatic carbocycles. The van der Waals surface area contributed by atoms with Crippen LogP contribution in [0.2, 0.25) is 0 Å². The zero-order valence-electron chi connectivity index (χ0n) is 10.4. The molecule has 2 nitrogen and oxygen atoms in total. The third kappa shape index (κ3) is 6.05. The molecular formula is C11H28N2+2. The molecule has 0 unspecified atom stereocenters. The Morgan fingerprint density at radius 3 is 1.23 bits per heavy atom. The van der Waals surface area contributed by atoms with Crippen molar-refractivity contribution in [3.63, 3.8) is 0 Å². The van der Waals surface area contributed by atoms with Crippen LogP contribution in [0, 0.1) is 0 Å². The summed E-state index contributed by atoms with van der Waals surface area (Å²) in [6, 6.07) is 0. The van der Waals surface area contributed by atoms with Crippen molar-refractivity contribution in [2.45, 2.75) is 20.3 Å². The highest BCUT2D eigenvalue weighted by atomic mass is 15.3. The highest BCUT2D eigenvalue weighted by molar-refractivity contribution is 4.36. The van der Waals surface area contributed by atoms with Gasteiger partial charge in [0.2, 0.25) is 0 Å². The Labute approximate surface area is 84.3 Å². The fraction of sp³-hybridized carbons (Fsp3) is 1.00. The SMILES string of the molecule is CC[N+](C)(C)CCC[N+](C)(C)CC. The molecular weight excluding hydrogens is 160 g/mol. The quantitative estimate of drug-likeness (QED) is 0.555. The molecule has 0 aliphatic carbocycles. The second kappa shape index (κ2) is 4.97. The second-order valence-corrected chi connectivity index (χ2v) is 5.30. The highest BCUT2D eigenvalue weighted by Crippen LogP contribution is 2.03. The van der Waals surface area contributed by atoms with Crippen LogP contribution < -0.4 is 0 Å². The molecule has 0 aromatic rings. The first-order valence-corrected chi connectivity index (χ1v) is 5.47. The largest absolute Gasteiger partial charge is 0.329 e. The molecule has 0 aliphatic rings. The van der Waals surface area contributed by atoms with Crippen LogP contribution in [0.5, 0.6) is 0 Å². The molecule has 0 saturated carbocycles. The van der Waals surface area contributed by atoms with E-state index in [1.807, 2.05) is 0 Å². The van der Waals surface area contributed by atoms with Crippen molar-refractivity contribution in [3.8, 4) is 0 Å². The van der Waals surface area contributed by atoms with Gasteiger partial charge in [0.1, 0.15) is 0 Å². The van der Waals surface area contributed by atoms with Crippen LogP contribution in [0.3, 0.4) is 0 Å². The Kier molecular flexibility index (Phi) is 4.93. The Morgan fingerprint density at radius 1 is 0.692 bits per heavy atom. The van der Waals surface area contributed by atoms with Gasteiger partial charge in [0.25, 0.3) is 0 Å². The molecule has 0 radical (unpaired) electrons.